The van der Waals surface area contributed by atoms with Crippen molar-refractivity contribution in [3.63, 3.8) is 0 Å². The summed E-state index contributed by atoms with van der Waals surface area (Å²) >= 11 is 0. The Labute approximate surface area is 528 Å². The van der Waals surface area contributed by atoms with Crippen LogP contribution < -0.4 is 26.0 Å². The molecule has 0 saturated heterocycles. The SMILES string of the molecule is [2H]c1c([2H])c([2H])c(-c2cc3c4c(c2)N(c2c(-c5ccccc5)cc(C(C)(C)C)cc2-c2ccccc2)c2cc(-c5cc(C(C)(C)C)cc(C(C)(C)C)c5)ccc2B4c2cc(-c4cccc5c4C(c4ccccc4)(c4ccccc4)c4ccccc4-5)ccc2O3)c([2H])c1[2H]. The predicted molar refractivity (Wildman–Crippen MR) is 373 cm³/mol. The van der Waals surface area contributed by atoms with Crippen LogP contribution in [0.25, 0.3) is 66.8 Å². The summed E-state index contributed by atoms with van der Waals surface area (Å²) in [6.45, 7) is 20.1. The summed E-state index contributed by atoms with van der Waals surface area (Å²) in [5.74, 6) is 1.22. The van der Waals surface area contributed by atoms with Crippen LogP contribution in [0.5, 0.6) is 11.5 Å². The van der Waals surface area contributed by atoms with Crippen LogP contribution in [-0.2, 0) is 21.7 Å². The van der Waals surface area contributed by atoms with Gasteiger partial charge in [-0.15, -0.1) is 0 Å². The van der Waals surface area contributed by atoms with Crippen molar-refractivity contribution in [1.82, 2.24) is 0 Å². The van der Waals surface area contributed by atoms with Crippen LogP contribution >= 0.6 is 0 Å². The summed E-state index contributed by atoms with van der Waals surface area (Å²) in [6.07, 6.45) is 0. The lowest BCUT2D eigenvalue weighted by Gasteiger charge is -2.42. The standard InChI is InChI=1S/C85H72BNO/c1-82(2,3)64-46-60(47-65(52-64)83(4,5)6)58-42-44-73-75(49-58)87(81-70(56-30-17-11-18-31-56)53-66(84(7,8)9)54-71(81)57-32-19-12-20-33-57)76-50-61(55-28-15-10-16-29-55)51-78-80(76)86(73)74-48-59(43-45-77(74)88-78)67-39-27-40-69-68-38-25-26-41-72(68)85(79(67)69,62-34-21-13-22-35-62)63-36-23-14-24-37-63/h10-54H,1-9H3/i10D,15D,16D,28D,29D. The minimum atomic E-state index is -0.669. The zero-order valence-electron chi connectivity index (χ0n) is 56.5. The number of fused-ring (bicyclic) bond motifs is 7. The Bertz CT molecular complexity index is 4840. The number of nitrogens with zero attached hydrogens (tertiary/aromatic N) is 1. The fourth-order valence-electron chi connectivity index (χ4n) is 14.3. The highest BCUT2D eigenvalue weighted by Gasteiger charge is 2.49. The van der Waals surface area contributed by atoms with Crippen LogP contribution in [0.2, 0.25) is 0 Å². The lowest BCUT2D eigenvalue weighted by molar-refractivity contribution is 0.488. The van der Waals surface area contributed by atoms with E-state index in [2.05, 4.69) is 304 Å². The van der Waals surface area contributed by atoms with Crippen molar-refractivity contribution < 1.29 is 11.6 Å². The molecule has 0 saturated carbocycles. The van der Waals surface area contributed by atoms with E-state index in [1.807, 2.05) is 6.07 Å². The molecular formula is C85H72BNO. The third kappa shape index (κ3) is 9.00. The highest BCUT2D eigenvalue weighted by atomic mass is 16.5. The molecule has 0 bridgehead atoms. The van der Waals surface area contributed by atoms with E-state index in [0.29, 0.717) is 17.1 Å². The summed E-state index contributed by atoms with van der Waals surface area (Å²) in [4.78, 5) is 2.43. The van der Waals surface area contributed by atoms with Gasteiger partial charge in [-0.3, -0.25) is 0 Å². The summed E-state index contributed by atoms with van der Waals surface area (Å²) in [5.41, 5.74) is 24.3. The normalized spacial score (nSPS) is 14.4. The molecule has 15 rings (SSSR count). The number of hydrogen-bond donors (Lipinski definition) is 0. The third-order valence-corrected chi connectivity index (χ3v) is 18.7. The molecule has 12 aromatic carbocycles. The third-order valence-electron chi connectivity index (χ3n) is 18.7. The first kappa shape index (κ1) is 49.4. The van der Waals surface area contributed by atoms with E-state index in [0.717, 1.165) is 78.0 Å². The number of anilines is 3. The van der Waals surface area contributed by atoms with Crippen molar-refractivity contribution in [3.8, 4) is 78.3 Å². The van der Waals surface area contributed by atoms with Gasteiger partial charge in [-0.1, -0.05) is 299 Å². The first-order valence-corrected chi connectivity index (χ1v) is 30.9. The summed E-state index contributed by atoms with van der Waals surface area (Å²) in [7, 11) is 0. The lowest BCUT2D eigenvalue weighted by Crippen LogP contribution is -2.59. The smallest absolute Gasteiger partial charge is 0.256 e. The predicted octanol–water partition coefficient (Wildman–Crippen LogP) is 20.7. The van der Waals surface area contributed by atoms with E-state index in [4.69, 9.17) is 8.85 Å². The Morgan fingerprint density at radius 3 is 1.48 bits per heavy atom. The second-order valence-electron chi connectivity index (χ2n) is 27.3. The maximum absolute atomic E-state index is 9.57. The van der Waals surface area contributed by atoms with Crippen LogP contribution in [0.3, 0.4) is 0 Å². The highest BCUT2D eigenvalue weighted by molar-refractivity contribution is 6.99. The molecule has 0 amide bonds. The number of ether oxygens (including phenoxy) is 1. The first-order chi connectivity index (χ1) is 44.6. The average molecular weight is 1140 g/mol. The van der Waals surface area contributed by atoms with Crippen LogP contribution in [0.1, 0.15) is 108 Å². The molecule has 0 spiro atoms. The highest BCUT2D eigenvalue weighted by Crippen LogP contribution is 2.59. The molecule has 1 aliphatic carbocycles. The fourth-order valence-corrected chi connectivity index (χ4v) is 14.3. The maximum Gasteiger partial charge on any atom is 0.256 e. The van der Waals surface area contributed by atoms with E-state index < -0.39 is 30.3 Å². The Hall–Kier alpha value is -9.70. The van der Waals surface area contributed by atoms with Crippen LogP contribution in [0.4, 0.5) is 17.1 Å². The largest absolute Gasteiger partial charge is 0.458 e. The molecule has 3 heteroatoms. The average Bonchev–Trinajstić information content (AvgIpc) is 1.68. The minimum absolute atomic E-state index is 0.100. The molecule has 2 aliphatic heterocycles. The van der Waals surface area contributed by atoms with Gasteiger partial charge in [0, 0.05) is 22.5 Å². The number of hydrogen-bond acceptors (Lipinski definition) is 2. The van der Waals surface area contributed by atoms with Crippen molar-refractivity contribution in [2.45, 2.75) is 84.0 Å². The molecule has 2 heterocycles. The van der Waals surface area contributed by atoms with E-state index in [1.54, 1.807) is 0 Å². The molecule has 88 heavy (non-hydrogen) atoms. The molecule has 0 radical (unpaired) electrons. The van der Waals surface area contributed by atoms with E-state index in [9.17, 15) is 2.74 Å². The summed E-state index contributed by atoms with van der Waals surface area (Å²) < 4.78 is 53.5. The topological polar surface area (TPSA) is 12.5 Å². The molecule has 0 aromatic heterocycles. The van der Waals surface area contributed by atoms with Crippen LogP contribution in [0.15, 0.2) is 273 Å². The molecule has 0 N–H and O–H groups in total. The Morgan fingerprint density at radius 1 is 0.364 bits per heavy atom. The van der Waals surface area contributed by atoms with E-state index in [1.165, 1.54) is 50.1 Å². The second kappa shape index (κ2) is 20.7. The molecular weight excluding hydrogens is 1060 g/mol. The molecule has 2 nitrogen and oxygen atoms in total. The van der Waals surface area contributed by atoms with Gasteiger partial charge in [-0.25, -0.2) is 0 Å². The quantitative estimate of drug-likeness (QED) is 0.141. The maximum atomic E-state index is 9.57. The summed E-state index contributed by atoms with van der Waals surface area (Å²) in [6, 6.07) is 86.7. The van der Waals surface area contributed by atoms with Crippen molar-refractivity contribution in [1.29, 1.82) is 0 Å². The first-order valence-electron chi connectivity index (χ1n) is 33.4. The van der Waals surface area contributed by atoms with Gasteiger partial charge in [0.1, 0.15) is 11.5 Å². The van der Waals surface area contributed by atoms with Crippen LogP contribution in [-0.4, -0.2) is 6.71 Å². The Kier molecular flexibility index (Phi) is 11.7. The summed E-state index contributed by atoms with van der Waals surface area (Å²) in [5, 5.41) is 0. The van der Waals surface area contributed by atoms with E-state index >= 15 is 0 Å². The molecule has 12 aromatic rings. The van der Waals surface area contributed by atoms with Gasteiger partial charge in [0.25, 0.3) is 6.71 Å². The molecule has 0 atom stereocenters. The zero-order valence-corrected chi connectivity index (χ0v) is 51.5. The van der Waals surface area contributed by atoms with Crippen molar-refractivity contribution >= 4 is 40.2 Å². The van der Waals surface area contributed by atoms with Crippen molar-refractivity contribution in [2.75, 3.05) is 4.90 Å². The molecule has 0 fully saturated rings. The van der Waals surface area contributed by atoms with Crippen molar-refractivity contribution in [2.24, 2.45) is 0 Å². The van der Waals surface area contributed by atoms with Gasteiger partial charge in [0.2, 0.25) is 0 Å². The van der Waals surface area contributed by atoms with Gasteiger partial charge in [0.05, 0.1) is 18.0 Å². The number of rotatable bonds is 8. The molecule has 3 aliphatic rings. The van der Waals surface area contributed by atoms with Crippen molar-refractivity contribution in [3.05, 3.63) is 312 Å². The van der Waals surface area contributed by atoms with Gasteiger partial charge < -0.3 is 9.64 Å². The van der Waals surface area contributed by atoms with Gasteiger partial charge >= 0.3 is 0 Å². The Morgan fingerprint density at radius 2 is 0.875 bits per heavy atom. The fraction of sp³-hybridized carbons (Fsp3) is 0.153. The van der Waals surface area contributed by atoms with Gasteiger partial charge in [0.15, 0.2) is 0 Å². The molecule has 0 unspecified atom stereocenters. The lowest BCUT2D eigenvalue weighted by atomic mass is 9.34. The van der Waals surface area contributed by atoms with E-state index in [-0.39, 0.29) is 33.9 Å². The monoisotopic (exact) mass is 1140 g/mol. The van der Waals surface area contributed by atoms with Gasteiger partial charge in [-0.2, -0.15) is 0 Å². The zero-order chi connectivity index (χ0) is 64.6. The number of benzene rings is 12. The van der Waals surface area contributed by atoms with Crippen LogP contribution in [0, 0.1) is 0 Å². The Balaban J connectivity index is 1.07. The second-order valence-corrected chi connectivity index (χ2v) is 27.3. The minimum Gasteiger partial charge on any atom is -0.458 e. The van der Waals surface area contributed by atoms with Gasteiger partial charge in [-0.05, 0) is 164 Å². The molecule has 426 valence electrons.